The number of likely N-dealkylation sites (N-methyl/N-ethyl adjacent to an activating group) is 1. The number of aromatic nitrogens is 3. The Morgan fingerprint density at radius 2 is 2.03 bits per heavy atom. The van der Waals surface area contributed by atoms with Crippen LogP contribution in [0.4, 0.5) is 0 Å². The van der Waals surface area contributed by atoms with E-state index in [1.54, 1.807) is 42.1 Å². The van der Waals surface area contributed by atoms with Crippen LogP contribution in [-0.2, 0) is 16.8 Å². The number of ketones is 1. The average Bonchev–Trinajstić information content (AvgIpc) is 3.53. The molecule has 1 saturated heterocycles. The molecule has 0 N–H and O–H groups in total. The standard InChI is InChI=1S/C25H31N5O3S/c1-17(31)25(16-29-12-7-10-27-29)15-28(5)22(21-26-11-13-34-21)30(25)23(32)18-8-9-19(24(2,3)4)20(14-18)33-6/h7-14,22H,15-16H2,1-6H3. The first-order valence-electron chi connectivity index (χ1n) is 11.2. The molecule has 4 rings (SSSR count). The van der Waals surface area contributed by atoms with Crippen molar-refractivity contribution in [1.82, 2.24) is 24.6 Å². The minimum Gasteiger partial charge on any atom is -0.496 e. The summed E-state index contributed by atoms with van der Waals surface area (Å²) >= 11 is 1.47. The molecule has 1 aliphatic heterocycles. The van der Waals surface area contributed by atoms with Gasteiger partial charge in [-0.25, -0.2) is 4.98 Å². The number of amides is 1. The zero-order valence-electron chi connectivity index (χ0n) is 20.5. The van der Waals surface area contributed by atoms with Gasteiger partial charge in [-0.05, 0) is 43.1 Å². The predicted octanol–water partition coefficient (Wildman–Crippen LogP) is 3.76. The van der Waals surface area contributed by atoms with Crippen molar-refractivity contribution in [3.8, 4) is 5.75 Å². The van der Waals surface area contributed by atoms with Crippen LogP contribution < -0.4 is 4.74 Å². The smallest absolute Gasteiger partial charge is 0.256 e. The van der Waals surface area contributed by atoms with Gasteiger partial charge in [-0.3, -0.25) is 19.2 Å². The van der Waals surface area contributed by atoms with E-state index in [9.17, 15) is 9.59 Å². The molecule has 1 amide bonds. The molecule has 3 aromatic rings. The summed E-state index contributed by atoms with van der Waals surface area (Å²) in [4.78, 5) is 35.7. The lowest BCUT2D eigenvalue weighted by Crippen LogP contribution is -2.57. The lowest BCUT2D eigenvalue weighted by molar-refractivity contribution is -0.127. The highest BCUT2D eigenvalue weighted by Crippen LogP contribution is 2.42. The van der Waals surface area contributed by atoms with Gasteiger partial charge in [0, 0.05) is 36.1 Å². The van der Waals surface area contributed by atoms with Crippen molar-refractivity contribution >= 4 is 23.0 Å². The Labute approximate surface area is 204 Å². The largest absolute Gasteiger partial charge is 0.496 e. The van der Waals surface area contributed by atoms with Crippen molar-refractivity contribution < 1.29 is 14.3 Å². The summed E-state index contributed by atoms with van der Waals surface area (Å²) in [7, 11) is 3.53. The zero-order chi connectivity index (χ0) is 24.7. The Balaban J connectivity index is 1.85. The summed E-state index contributed by atoms with van der Waals surface area (Å²) in [6.45, 7) is 8.48. The van der Waals surface area contributed by atoms with Crippen LogP contribution in [0.15, 0.2) is 48.2 Å². The van der Waals surface area contributed by atoms with E-state index in [4.69, 9.17) is 4.74 Å². The van der Waals surface area contributed by atoms with E-state index < -0.39 is 11.7 Å². The Morgan fingerprint density at radius 1 is 1.26 bits per heavy atom. The Hall–Kier alpha value is -3.04. The first-order chi connectivity index (χ1) is 16.1. The third-order valence-electron chi connectivity index (χ3n) is 6.42. The van der Waals surface area contributed by atoms with Gasteiger partial charge in [-0.1, -0.05) is 26.8 Å². The number of carbonyl (C=O) groups excluding carboxylic acids is 2. The number of carbonyl (C=O) groups is 2. The van der Waals surface area contributed by atoms with E-state index >= 15 is 0 Å². The van der Waals surface area contributed by atoms with Gasteiger partial charge < -0.3 is 9.64 Å². The molecule has 180 valence electrons. The molecule has 8 nitrogen and oxygen atoms in total. The number of nitrogens with zero attached hydrogens (tertiary/aromatic N) is 5. The quantitative estimate of drug-likeness (QED) is 0.533. The molecule has 0 bridgehead atoms. The van der Waals surface area contributed by atoms with Gasteiger partial charge in [-0.2, -0.15) is 5.10 Å². The molecule has 1 aliphatic rings. The number of hydrogen-bond donors (Lipinski definition) is 0. The first kappa shape index (κ1) is 24.1. The summed E-state index contributed by atoms with van der Waals surface area (Å²) in [5, 5.41) is 6.97. The van der Waals surface area contributed by atoms with Crippen molar-refractivity contribution in [3.05, 3.63) is 64.4 Å². The van der Waals surface area contributed by atoms with E-state index in [2.05, 4.69) is 30.9 Å². The van der Waals surface area contributed by atoms with Crippen LogP contribution in [0.5, 0.6) is 5.75 Å². The maximum Gasteiger partial charge on any atom is 0.256 e. The summed E-state index contributed by atoms with van der Waals surface area (Å²) in [5.74, 6) is 0.309. The van der Waals surface area contributed by atoms with Gasteiger partial charge in [0.15, 0.2) is 5.78 Å². The fourth-order valence-electron chi connectivity index (χ4n) is 4.74. The molecule has 2 atom stereocenters. The second-order valence-electron chi connectivity index (χ2n) is 9.79. The zero-order valence-corrected chi connectivity index (χ0v) is 21.3. The van der Waals surface area contributed by atoms with Gasteiger partial charge in [-0.15, -0.1) is 11.3 Å². The van der Waals surface area contributed by atoms with Gasteiger partial charge in [0.25, 0.3) is 5.91 Å². The van der Waals surface area contributed by atoms with Crippen molar-refractivity contribution in [3.63, 3.8) is 0 Å². The molecule has 0 spiro atoms. The van der Waals surface area contributed by atoms with Crippen molar-refractivity contribution in [1.29, 1.82) is 0 Å². The van der Waals surface area contributed by atoms with Gasteiger partial charge in [0.1, 0.15) is 22.5 Å². The van der Waals surface area contributed by atoms with Crippen LogP contribution in [0.1, 0.15) is 54.8 Å². The maximum atomic E-state index is 14.2. The molecular weight excluding hydrogens is 450 g/mol. The second kappa shape index (κ2) is 8.96. The molecule has 0 saturated carbocycles. The fraction of sp³-hybridized carbons (Fsp3) is 0.440. The van der Waals surface area contributed by atoms with Crippen LogP contribution in [0.25, 0.3) is 0 Å². The lowest BCUT2D eigenvalue weighted by Gasteiger charge is -2.38. The third-order valence-corrected chi connectivity index (χ3v) is 7.24. The SMILES string of the molecule is COc1cc(C(=O)N2C(c3nccs3)N(C)CC2(Cn2cccn2)C(C)=O)ccc1C(C)(C)C. The molecule has 3 heterocycles. The molecule has 0 aliphatic carbocycles. The van der Waals surface area contributed by atoms with Crippen LogP contribution >= 0.6 is 11.3 Å². The number of ether oxygens (including phenoxy) is 1. The molecule has 34 heavy (non-hydrogen) atoms. The molecule has 1 aromatic carbocycles. The molecule has 1 fully saturated rings. The average molecular weight is 482 g/mol. The number of hydrogen-bond acceptors (Lipinski definition) is 7. The van der Waals surface area contributed by atoms with Crippen LogP contribution in [0.3, 0.4) is 0 Å². The number of methoxy groups -OCH3 is 1. The Bertz CT molecular complexity index is 1170. The summed E-state index contributed by atoms with van der Waals surface area (Å²) < 4.78 is 7.37. The highest BCUT2D eigenvalue weighted by Gasteiger charge is 2.56. The van der Waals surface area contributed by atoms with E-state index in [-0.39, 0.29) is 23.7 Å². The first-order valence-corrected chi connectivity index (χ1v) is 12.1. The third kappa shape index (κ3) is 4.14. The molecule has 2 unspecified atom stereocenters. The normalized spacial score (nSPS) is 21.1. The minimum absolute atomic E-state index is 0.0967. The second-order valence-corrected chi connectivity index (χ2v) is 10.7. The Morgan fingerprint density at radius 3 is 2.59 bits per heavy atom. The number of rotatable bonds is 6. The van der Waals surface area contributed by atoms with Crippen LogP contribution in [-0.4, -0.2) is 62.5 Å². The Kier molecular flexibility index (Phi) is 6.35. The maximum absolute atomic E-state index is 14.2. The van der Waals surface area contributed by atoms with E-state index in [1.807, 2.05) is 41.7 Å². The topological polar surface area (TPSA) is 80.6 Å². The van der Waals surface area contributed by atoms with Crippen molar-refractivity contribution in [2.45, 2.75) is 51.4 Å². The number of thiazole rings is 1. The highest BCUT2D eigenvalue weighted by atomic mass is 32.1. The minimum atomic E-state index is -1.11. The summed E-state index contributed by atoms with van der Waals surface area (Å²) in [5.41, 5.74) is 0.223. The predicted molar refractivity (Wildman–Crippen MR) is 131 cm³/mol. The lowest BCUT2D eigenvalue weighted by atomic mass is 9.85. The summed E-state index contributed by atoms with van der Waals surface area (Å²) in [6, 6.07) is 7.35. The van der Waals surface area contributed by atoms with Crippen molar-refractivity contribution in [2.75, 3.05) is 20.7 Å². The molecule has 9 heteroatoms. The van der Waals surface area contributed by atoms with Crippen molar-refractivity contribution in [2.24, 2.45) is 0 Å². The number of benzene rings is 1. The van der Waals surface area contributed by atoms with Gasteiger partial charge in [0.05, 0.1) is 13.7 Å². The van der Waals surface area contributed by atoms with Gasteiger partial charge in [0.2, 0.25) is 0 Å². The summed E-state index contributed by atoms with van der Waals surface area (Å²) in [6.07, 6.45) is 4.73. The van der Waals surface area contributed by atoms with E-state index in [1.165, 1.54) is 11.3 Å². The van der Waals surface area contributed by atoms with E-state index in [0.29, 0.717) is 17.9 Å². The van der Waals surface area contributed by atoms with Crippen LogP contribution in [0.2, 0.25) is 0 Å². The highest BCUT2D eigenvalue weighted by molar-refractivity contribution is 7.09. The van der Waals surface area contributed by atoms with Gasteiger partial charge >= 0.3 is 0 Å². The van der Waals surface area contributed by atoms with Crippen LogP contribution in [0, 0.1) is 0 Å². The monoisotopic (exact) mass is 481 g/mol. The molecule has 2 aromatic heterocycles. The van der Waals surface area contributed by atoms with E-state index in [0.717, 1.165) is 10.6 Å². The fourth-order valence-corrected chi connectivity index (χ4v) is 5.53. The molecular formula is C25H31N5O3S. The molecule has 0 radical (unpaired) electrons. The number of Topliss-reactive ketones (excluding diaryl/α,β-unsaturated/α-hetero) is 1.